The van der Waals surface area contributed by atoms with Crippen molar-refractivity contribution >= 4 is 15.9 Å². The molecule has 0 bridgehead atoms. The number of benzene rings is 1. The van der Waals surface area contributed by atoms with Gasteiger partial charge in [-0.25, -0.2) is 4.39 Å². The van der Waals surface area contributed by atoms with Gasteiger partial charge in [-0.1, -0.05) is 13.0 Å². The van der Waals surface area contributed by atoms with E-state index in [9.17, 15) is 4.39 Å². The van der Waals surface area contributed by atoms with Crippen LogP contribution in [0, 0.1) is 5.82 Å². The zero-order valence-electron chi connectivity index (χ0n) is 11.4. The lowest BCUT2D eigenvalue weighted by Gasteiger charge is -2.20. The van der Waals surface area contributed by atoms with E-state index in [1.807, 2.05) is 25.1 Å². The molecule has 1 heterocycles. The van der Waals surface area contributed by atoms with Gasteiger partial charge in [0, 0.05) is 6.20 Å². The average Bonchev–Trinajstić information content (AvgIpc) is 2.48. The molecule has 0 spiro atoms. The zero-order chi connectivity index (χ0) is 14.5. The minimum absolute atomic E-state index is 0.209. The first-order valence-electron chi connectivity index (χ1n) is 6.34. The molecule has 2 aromatic rings. The lowest BCUT2D eigenvalue weighted by Crippen LogP contribution is -2.23. The maximum Gasteiger partial charge on any atom is 0.142 e. The van der Waals surface area contributed by atoms with E-state index in [2.05, 4.69) is 26.2 Å². The number of hydrogen-bond donors (Lipinski definition) is 1. The number of ether oxygens (including phenoxy) is 1. The highest BCUT2D eigenvalue weighted by atomic mass is 79.9. The van der Waals surface area contributed by atoms with Crippen LogP contribution in [0.3, 0.4) is 0 Å². The maximum atomic E-state index is 13.8. The molecular weight excluding hydrogens is 323 g/mol. The molecule has 0 saturated carbocycles. The van der Waals surface area contributed by atoms with Gasteiger partial charge in [-0.2, -0.15) is 0 Å². The predicted octanol–water partition coefficient (Wildman–Crippen LogP) is 3.69. The number of pyridine rings is 1. The number of aromatic nitrogens is 1. The van der Waals surface area contributed by atoms with E-state index in [0.717, 1.165) is 17.8 Å². The Hall–Kier alpha value is -1.46. The molecule has 1 aromatic heterocycles. The number of nitrogens with one attached hydrogen (secondary N) is 1. The van der Waals surface area contributed by atoms with Gasteiger partial charge in [0.2, 0.25) is 0 Å². The molecule has 1 aromatic carbocycles. The van der Waals surface area contributed by atoms with Gasteiger partial charge in [0.25, 0.3) is 0 Å². The van der Waals surface area contributed by atoms with E-state index in [-0.39, 0.29) is 11.9 Å². The molecule has 0 aliphatic heterocycles. The normalized spacial score (nSPS) is 12.2. The fourth-order valence-electron chi connectivity index (χ4n) is 2.06. The average molecular weight is 339 g/mol. The number of hydrogen-bond acceptors (Lipinski definition) is 3. The van der Waals surface area contributed by atoms with E-state index >= 15 is 0 Å². The lowest BCUT2D eigenvalue weighted by molar-refractivity contribution is 0.400. The van der Waals surface area contributed by atoms with Crippen LogP contribution in [-0.4, -0.2) is 18.6 Å². The SMILES string of the molecule is CCNC(c1ccc(Br)c(F)c1)c1ncccc1OC. The van der Waals surface area contributed by atoms with Gasteiger partial charge in [-0.15, -0.1) is 0 Å². The molecule has 0 radical (unpaired) electrons. The number of nitrogens with zero attached hydrogens (tertiary/aromatic N) is 1. The molecular formula is C15H16BrFN2O. The van der Waals surface area contributed by atoms with E-state index in [1.54, 1.807) is 19.4 Å². The van der Waals surface area contributed by atoms with Crippen molar-refractivity contribution in [2.24, 2.45) is 0 Å². The van der Waals surface area contributed by atoms with Crippen LogP contribution < -0.4 is 10.1 Å². The monoisotopic (exact) mass is 338 g/mol. The topological polar surface area (TPSA) is 34.2 Å². The zero-order valence-corrected chi connectivity index (χ0v) is 12.9. The van der Waals surface area contributed by atoms with Crippen molar-refractivity contribution < 1.29 is 9.13 Å². The molecule has 3 nitrogen and oxygen atoms in total. The second-order valence-corrected chi connectivity index (χ2v) is 5.11. The van der Waals surface area contributed by atoms with Crippen molar-refractivity contribution in [1.82, 2.24) is 10.3 Å². The summed E-state index contributed by atoms with van der Waals surface area (Å²) in [5, 5.41) is 3.31. The Morgan fingerprint density at radius 3 is 2.85 bits per heavy atom. The first-order valence-corrected chi connectivity index (χ1v) is 7.14. The molecule has 0 fully saturated rings. The molecule has 20 heavy (non-hydrogen) atoms. The summed E-state index contributed by atoms with van der Waals surface area (Å²) in [6.07, 6.45) is 1.71. The van der Waals surface area contributed by atoms with Crippen LogP contribution in [0.25, 0.3) is 0 Å². The predicted molar refractivity (Wildman–Crippen MR) is 80.4 cm³/mol. The van der Waals surface area contributed by atoms with E-state index < -0.39 is 0 Å². The fourth-order valence-corrected chi connectivity index (χ4v) is 2.31. The first kappa shape index (κ1) is 14.9. The second-order valence-electron chi connectivity index (χ2n) is 4.26. The summed E-state index contributed by atoms with van der Waals surface area (Å²) in [5.74, 6) is 0.391. The van der Waals surface area contributed by atoms with Gasteiger partial charge in [0.1, 0.15) is 17.3 Å². The Kier molecular flexibility index (Phi) is 5.09. The minimum atomic E-state index is -0.291. The Labute approximate surface area is 126 Å². The highest BCUT2D eigenvalue weighted by Crippen LogP contribution is 2.29. The summed E-state index contributed by atoms with van der Waals surface area (Å²) in [6.45, 7) is 2.74. The fraction of sp³-hybridized carbons (Fsp3) is 0.267. The molecule has 2 rings (SSSR count). The summed E-state index contributed by atoms with van der Waals surface area (Å²) in [4.78, 5) is 4.38. The molecule has 0 aliphatic rings. The van der Waals surface area contributed by atoms with E-state index in [1.165, 1.54) is 6.07 Å². The Balaban J connectivity index is 2.47. The van der Waals surface area contributed by atoms with Crippen molar-refractivity contribution in [2.45, 2.75) is 13.0 Å². The van der Waals surface area contributed by atoms with Crippen molar-refractivity contribution in [3.63, 3.8) is 0 Å². The maximum absolute atomic E-state index is 13.8. The van der Waals surface area contributed by atoms with Gasteiger partial charge in [0.05, 0.1) is 17.6 Å². The van der Waals surface area contributed by atoms with Gasteiger partial charge in [0.15, 0.2) is 0 Å². The molecule has 5 heteroatoms. The Morgan fingerprint density at radius 2 is 2.20 bits per heavy atom. The molecule has 1 atom stereocenters. The van der Waals surface area contributed by atoms with Gasteiger partial charge >= 0.3 is 0 Å². The van der Waals surface area contributed by atoms with Crippen LogP contribution in [0.1, 0.15) is 24.2 Å². The van der Waals surface area contributed by atoms with Gasteiger partial charge in [-0.05, 0) is 52.3 Å². The summed E-state index contributed by atoms with van der Waals surface area (Å²) >= 11 is 3.17. The van der Waals surface area contributed by atoms with Crippen LogP contribution in [0.5, 0.6) is 5.75 Å². The smallest absolute Gasteiger partial charge is 0.142 e. The van der Waals surface area contributed by atoms with E-state index in [0.29, 0.717) is 10.2 Å². The summed E-state index contributed by atoms with van der Waals surface area (Å²) < 4.78 is 19.5. The van der Waals surface area contributed by atoms with Crippen LogP contribution in [0.4, 0.5) is 4.39 Å². The highest BCUT2D eigenvalue weighted by Gasteiger charge is 2.19. The Bertz CT molecular complexity index is 592. The molecule has 0 amide bonds. The summed E-state index contributed by atoms with van der Waals surface area (Å²) in [6, 6.07) is 8.53. The molecule has 0 saturated heterocycles. The van der Waals surface area contributed by atoms with Crippen molar-refractivity contribution in [3.8, 4) is 5.75 Å². The third-order valence-corrected chi connectivity index (χ3v) is 3.62. The van der Waals surface area contributed by atoms with Gasteiger partial charge in [-0.3, -0.25) is 4.98 Å². The van der Waals surface area contributed by atoms with Crippen LogP contribution in [0.15, 0.2) is 41.0 Å². The largest absolute Gasteiger partial charge is 0.495 e. The second kappa shape index (κ2) is 6.81. The molecule has 106 valence electrons. The number of rotatable bonds is 5. The Morgan fingerprint density at radius 1 is 1.40 bits per heavy atom. The minimum Gasteiger partial charge on any atom is -0.495 e. The highest BCUT2D eigenvalue weighted by molar-refractivity contribution is 9.10. The first-order chi connectivity index (χ1) is 9.67. The molecule has 1 N–H and O–H groups in total. The van der Waals surface area contributed by atoms with Crippen LogP contribution in [0.2, 0.25) is 0 Å². The number of methoxy groups -OCH3 is 1. The number of halogens is 2. The third kappa shape index (κ3) is 3.16. The lowest BCUT2D eigenvalue weighted by atomic mass is 10.0. The molecule has 0 aliphatic carbocycles. The van der Waals surface area contributed by atoms with Crippen molar-refractivity contribution in [3.05, 3.63) is 58.1 Å². The summed E-state index contributed by atoms with van der Waals surface area (Å²) in [5.41, 5.74) is 1.56. The molecule has 1 unspecified atom stereocenters. The van der Waals surface area contributed by atoms with E-state index in [4.69, 9.17) is 4.74 Å². The quantitative estimate of drug-likeness (QED) is 0.902. The van der Waals surface area contributed by atoms with Crippen LogP contribution >= 0.6 is 15.9 Å². The van der Waals surface area contributed by atoms with Gasteiger partial charge < -0.3 is 10.1 Å². The van der Waals surface area contributed by atoms with Crippen LogP contribution in [-0.2, 0) is 0 Å². The summed E-state index contributed by atoms with van der Waals surface area (Å²) in [7, 11) is 1.60. The van der Waals surface area contributed by atoms with Crippen molar-refractivity contribution in [1.29, 1.82) is 0 Å². The third-order valence-electron chi connectivity index (χ3n) is 2.98. The standard InChI is InChI=1S/C15H16BrFN2O/c1-3-18-14(10-6-7-11(16)12(17)9-10)15-13(20-2)5-4-8-19-15/h4-9,14,18H,3H2,1-2H3. The van der Waals surface area contributed by atoms with Crippen molar-refractivity contribution in [2.75, 3.05) is 13.7 Å².